The summed E-state index contributed by atoms with van der Waals surface area (Å²) in [4.78, 5) is 0. The number of hydrogen-bond donors (Lipinski definition) is 2. The van der Waals surface area contributed by atoms with Crippen molar-refractivity contribution in [2.24, 2.45) is 18.8 Å². The van der Waals surface area contributed by atoms with E-state index in [0.717, 1.165) is 18.5 Å². The molecule has 0 radical (unpaired) electrons. The Morgan fingerprint density at radius 3 is 2.79 bits per heavy atom. The fraction of sp³-hybridized carbons (Fsp3) is 0.778. The highest BCUT2D eigenvalue weighted by atomic mass is 15.4. The van der Waals surface area contributed by atoms with Gasteiger partial charge in [-0.1, -0.05) is 25.5 Å². The molecule has 1 heterocycles. The number of nitrogens with zero attached hydrogens (tertiary/aromatic N) is 3. The van der Waals surface area contributed by atoms with E-state index >= 15 is 0 Å². The Kier molecular flexibility index (Phi) is 4.03. The zero-order valence-electron chi connectivity index (χ0n) is 9.07. The first-order valence-electron chi connectivity index (χ1n) is 4.99. The van der Waals surface area contributed by atoms with Gasteiger partial charge in [0.05, 0.1) is 17.9 Å². The van der Waals surface area contributed by atoms with Crippen LogP contribution in [0.15, 0.2) is 6.20 Å². The lowest BCUT2D eigenvalue weighted by Crippen LogP contribution is -2.30. The standard InChI is InChI=1S/C9H19N5/c1-4-7(2)5-8(12-10)9-6-11-13-14(9)3/h6-8,12H,4-5,10H2,1-3H3. The van der Waals surface area contributed by atoms with Gasteiger partial charge in [0, 0.05) is 7.05 Å². The minimum Gasteiger partial charge on any atom is -0.271 e. The Bertz CT molecular complexity index is 270. The predicted molar refractivity (Wildman–Crippen MR) is 55.1 cm³/mol. The zero-order valence-corrected chi connectivity index (χ0v) is 9.07. The molecule has 2 atom stereocenters. The molecule has 14 heavy (non-hydrogen) atoms. The summed E-state index contributed by atoms with van der Waals surface area (Å²) in [6.45, 7) is 4.40. The summed E-state index contributed by atoms with van der Waals surface area (Å²) in [5.74, 6) is 6.16. The topological polar surface area (TPSA) is 68.8 Å². The molecule has 1 aromatic heterocycles. The smallest absolute Gasteiger partial charge is 0.0766 e. The highest BCUT2D eigenvalue weighted by Crippen LogP contribution is 2.20. The zero-order chi connectivity index (χ0) is 10.6. The van der Waals surface area contributed by atoms with Gasteiger partial charge in [-0.25, -0.2) is 0 Å². The quantitative estimate of drug-likeness (QED) is 0.540. The van der Waals surface area contributed by atoms with E-state index in [1.54, 1.807) is 10.9 Å². The van der Waals surface area contributed by atoms with E-state index in [4.69, 9.17) is 5.84 Å². The summed E-state index contributed by atoms with van der Waals surface area (Å²) < 4.78 is 1.76. The number of hydrogen-bond acceptors (Lipinski definition) is 4. The number of aromatic nitrogens is 3. The summed E-state index contributed by atoms with van der Waals surface area (Å²) >= 11 is 0. The van der Waals surface area contributed by atoms with Crippen LogP contribution < -0.4 is 11.3 Å². The molecule has 0 spiro atoms. The molecule has 1 rings (SSSR count). The average Bonchev–Trinajstić information content (AvgIpc) is 2.60. The fourth-order valence-electron chi connectivity index (χ4n) is 1.46. The lowest BCUT2D eigenvalue weighted by molar-refractivity contribution is 0.391. The Balaban J connectivity index is 2.67. The van der Waals surface area contributed by atoms with Crippen molar-refractivity contribution in [1.82, 2.24) is 20.4 Å². The van der Waals surface area contributed by atoms with Crippen molar-refractivity contribution in [3.05, 3.63) is 11.9 Å². The van der Waals surface area contributed by atoms with Gasteiger partial charge in [0.25, 0.3) is 0 Å². The van der Waals surface area contributed by atoms with Crippen molar-refractivity contribution in [2.45, 2.75) is 32.7 Å². The molecule has 80 valence electrons. The van der Waals surface area contributed by atoms with Crippen molar-refractivity contribution in [3.8, 4) is 0 Å². The minimum absolute atomic E-state index is 0.143. The van der Waals surface area contributed by atoms with E-state index < -0.39 is 0 Å². The molecule has 0 saturated carbocycles. The van der Waals surface area contributed by atoms with Crippen LogP contribution in [0.2, 0.25) is 0 Å². The molecule has 3 N–H and O–H groups in total. The predicted octanol–water partition coefficient (Wildman–Crippen LogP) is 0.756. The van der Waals surface area contributed by atoms with Crippen LogP contribution in [0.4, 0.5) is 0 Å². The molecule has 0 bridgehead atoms. The largest absolute Gasteiger partial charge is 0.271 e. The normalized spacial score (nSPS) is 15.4. The van der Waals surface area contributed by atoms with E-state index in [2.05, 4.69) is 29.6 Å². The Labute approximate surface area is 84.6 Å². The number of aryl methyl sites for hydroxylation is 1. The van der Waals surface area contributed by atoms with Gasteiger partial charge in [0.2, 0.25) is 0 Å². The molecule has 0 aliphatic heterocycles. The average molecular weight is 197 g/mol. The van der Waals surface area contributed by atoms with Gasteiger partial charge in [-0.3, -0.25) is 16.0 Å². The lowest BCUT2D eigenvalue weighted by atomic mass is 9.98. The molecule has 0 aromatic carbocycles. The molecule has 0 saturated heterocycles. The van der Waals surface area contributed by atoms with Gasteiger partial charge in [0.1, 0.15) is 0 Å². The van der Waals surface area contributed by atoms with Crippen molar-refractivity contribution in [1.29, 1.82) is 0 Å². The highest BCUT2D eigenvalue weighted by molar-refractivity contribution is 5.01. The minimum atomic E-state index is 0.143. The van der Waals surface area contributed by atoms with Crippen molar-refractivity contribution in [2.75, 3.05) is 0 Å². The van der Waals surface area contributed by atoms with E-state index in [1.807, 2.05) is 7.05 Å². The van der Waals surface area contributed by atoms with Crippen LogP contribution in [-0.4, -0.2) is 15.0 Å². The van der Waals surface area contributed by atoms with E-state index in [1.165, 1.54) is 0 Å². The van der Waals surface area contributed by atoms with Gasteiger partial charge >= 0.3 is 0 Å². The molecule has 1 aromatic rings. The first-order chi connectivity index (χ1) is 6.69. The second kappa shape index (κ2) is 5.07. The number of rotatable bonds is 5. The third-order valence-electron chi connectivity index (χ3n) is 2.64. The molecular weight excluding hydrogens is 178 g/mol. The third kappa shape index (κ3) is 2.52. The van der Waals surface area contributed by atoms with Gasteiger partial charge in [-0.2, -0.15) is 0 Å². The monoisotopic (exact) mass is 197 g/mol. The summed E-state index contributed by atoms with van der Waals surface area (Å²) in [5.41, 5.74) is 3.84. The molecule has 5 nitrogen and oxygen atoms in total. The van der Waals surface area contributed by atoms with Crippen LogP contribution in [0.3, 0.4) is 0 Å². The Hall–Kier alpha value is -0.940. The summed E-state index contributed by atoms with van der Waals surface area (Å²) in [6.07, 6.45) is 3.92. The molecular formula is C9H19N5. The van der Waals surface area contributed by atoms with Crippen LogP contribution in [0.1, 0.15) is 38.4 Å². The van der Waals surface area contributed by atoms with Gasteiger partial charge in [0.15, 0.2) is 0 Å². The Morgan fingerprint density at radius 1 is 1.64 bits per heavy atom. The highest BCUT2D eigenvalue weighted by Gasteiger charge is 2.16. The van der Waals surface area contributed by atoms with E-state index in [0.29, 0.717) is 5.92 Å². The first kappa shape index (κ1) is 11.1. The van der Waals surface area contributed by atoms with Gasteiger partial charge < -0.3 is 0 Å². The van der Waals surface area contributed by atoms with E-state index in [-0.39, 0.29) is 6.04 Å². The molecule has 5 heteroatoms. The number of hydrazine groups is 1. The summed E-state index contributed by atoms with van der Waals surface area (Å²) in [7, 11) is 1.88. The van der Waals surface area contributed by atoms with Crippen LogP contribution in [0, 0.1) is 5.92 Å². The molecule has 0 fully saturated rings. The molecule has 0 aliphatic rings. The van der Waals surface area contributed by atoms with Gasteiger partial charge in [-0.05, 0) is 12.3 Å². The van der Waals surface area contributed by atoms with Crippen LogP contribution in [-0.2, 0) is 7.05 Å². The molecule has 0 aliphatic carbocycles. The second-order valence-corrected chi connectivity index (χ2v) is 3.75. The molecule has 0 amide bonds. The SMILES string of the molecule is CCC(C)CC(NN)c1cnnn1C. The summed E-state index contributed by atoms with van der Waals surface area (Å²) in [5, 5.41) is 7.73. The van der Waals surface area contributed by atoms with Crippen molar-refractivity contribution >= 4 is 0 Å². The number of nitrogens with two attached hydrogens (primary N) is 1. The van der Waals surface area contributed by atoms with E-state index in [9.17, 15) is 0 Å². The fourth-order valence-corrected chi connectivity index (χ4v) is 1.46. The van der Waals surface area contributed by atoms with Crippen LogP contribution in [0.25, 0.3) is 0 Å². The van der Waals surface area contributed by atoms with Gasteiger partial charge in [-0.15, -0.1) is 5.10 Å². The maximum absolute atomic E-state index is 5.52. The summed E-state index contributed by atoms with van der Waals surface area (Å²) in [6, 6.07) is 0.143. The number of nitrogens with one attached hydrogen (secondary N) is 1. The maximum Gasteiger partial charge on any atom is 0.0766 e. The van der Waals surface area contributed by atoms with Crippen LogP contribution in [0.5, 0.6) is 0 Å². The Morgan fingerprint density at radius 2 is 2.36 bits per heavy atom. The van der Waals surface area contributed by atoms with Crippen LogP contribution >= 0.6 is 0 Å². The van der Waals surface area contributed by atoms with Crippen molar-refractivity contribution < 1.29 is 0 Å². The van der Waals surface area contributed by atoms with Crippen molar-refractivity contribution in [3.63, 3.8) is 0 Å². The third-order valence-corrected chi connectivity index (χ3v) is 2.64. The first-order valence-corrected chi connectivity index (χ1v) is 4.99. The second-order valence-electron chi connectivity index (χ2n) is 3.75. The molecule has 2 unspecified atom stereocenters. The lowest BCUT2D eigenvalue weighted by Gasteiger charge is -2.18. The maximum atomic E-state index is 5.52.